The van der Waals surface area contributed by atoms with Crippen LogP contribution in [0.15, 0.2) is 0 Å². The molecule has 8 nitrogen and oxygen atoms in total. The molecule has 0 aromatic rings. The summed E-state index contributed by atoms with van der Waals surface area (Å²) in [4.78, 5) is 44.5. The lowest BCUT2D eigenvalue weighted by Gasteiger charge is -2.26. The van der Waals surface area contributed by atoms with Crippen LogP contribution < -0.4 is 5.32 Å². The maximum atomic E-state index is 11.3. The fourth-order valence-electron chi connectivity index (χ4n) is 2.21. The largest absolute Gasteiger partial charge is 0.462 e. The molecule has 1 unspecified atom stereocenters. The van der Waals surface area contributed by atoms with Crippen molar-refractivity contribution in [2.24, 2.45) is 0 Å². The molecule has 138 valence electrons. The monoisotopic (exact) mass is 345 g/mol. The van der Waals surface area contributed by atoms with E-state index >= 15 is 0 Å². The van der Waals surface area contributed by atoms with Crippen LogP contribution in [0, 0.1) is 0 Å². The second kappa shape index (κ2) is 11.4. The lowest BCUT2D eigenvalue weighted by molar-refractivity contribution is -0.173. The van der Waals surface area contributed by atoms with Crippen molar-refractivity contribution in [2.45, 2.75) is 72.1 Å². The number of hydrogen-bond acceptors (Lipinski definition) is 7. The first-order valence-electron chi connectivity index (χ1n) is 7.86. The van der Waals surface area contributed by atoms with E-state index in [1.807, 2.05) is 6.92 Å². The Morgan fingerprint density at radius 3 is 1.83 bits per heavy atom. The van der Waals surface area contributed by atoms with Crippen LogP contribution in [0.3, 0.4) is 0 Å². The fourth-order valence-corrected chi connectivity index (χ4v) is 2.21. The number of amides is 1. The Morgan fingerprint density at radius 2 is 1.38 bits per heavy atom. The molecule has 0 spiro atoms. The zero-order valence-corrected chi connectivity index (χ0v) is 14.9. The Bertz CT molecular complexity index is 450. The summed E-state index contributed by atoms with van der Waals surface area (Å²) in [5.74, 6) is -1.72. The van der Waals surface area contributed by atoms with Gasteiger partial charge < -0.3 is 19.5 Å². The van der Waals surface area contributed by atoms with Crippen molar-refractivity contribution in [3.8, 4) is 0 Å². The SMILES string of the molecule is CC(=O)NC(C)CCC[C@H](OC(C)=O)[C@@H](COC(C)=O)OC(C)=O. The van der Waals surface area contributed by atoms with Gasteiger partial charge in [0.15, 0.2) is 6.10 Å². The van der Waals surface area contributed by atoms with Crippen molar-refractivity contribution in [1.29, 1.82) is 0 Å². The highest BCUT2D eigenvalue weighted by molar-refractivity contribution is 5.73. The minimum absolute atomic E-state index is 0.0267. The third-order valence-corrected chi connectivity index (χ3v) is 3.08. The third-order valence-electron chi connectivity index (χ3n) is 3.08. The minimum Gasteiger partial charge on any atom is -0.462 e. The van der Waals surface area contributed by atoms with E-state index in [0.29, 0.717) is 19.3 Å². The second-order valence-corrected chi connectivity index (χ2v) is 5.63. The molecule has 0 aromatic heterocycles. The maximum Gasteiger partial charge on any atom is 0.303 e. The Balaban J connectivity index is 4.75. The highest BCUT2D eigenvalue weighted by Crippen LogP contribution is 2.15. The van der Waals surface area contributed by atoms with Crippen molar-refractivity contribution in [2.75, 3.05) is 6.61 Å². The van der Waals surface area contributed by atoms with E-state index in [1.54, 1.807) is 0 Å². The van der Waals surface area contributed by atoms with Crippen LogP contribution in [0.4, 0.5) is 0 Å². The molecule has 8 heteroatoms. The van der Waals surface area contributed by atoms with Crippen LogP contribution in [0.25, 0.3) is 0 Å². The van der Waals surface area contributed by atoms with E-state index in [4.69, 9.17) is 14.2 Å². The molecule has 1 amide bonds. The molecule has 0 saturated carbocycles. The number of rotatable bonds is 10. The van der Waals surface area contributed by atoms with Crippen LogP contribution in [0.5, 0.6) is 0 Å². The molecule has 0 heterocycles. The topological polar surface area (TPSA) is 108 Å². The van der Waals surface area contributed by atoms with Gasteiger partial charge in [0.2, 0.25) is 5.91 Å². The van der Waals surface area contributed by atoms with E-state index in [9.17, 15) is 19.2 Å². The maximum absolute atomic E-state index is 11.3. The van der Waals surface area contributed by atoms with Gasteiger partial charge in [0, 0.05) is 33.7 Å². The van der Waals surface area contributed by atoms with Crippen LogP contribution in [-0.4, -0.2) is 48.7 Å². The summed E-state index contributed by atoms with van der Waals surface area (Å²) >= 11 is 0. The average Bonchev–Trinajstić information content (AvgIpc) is 2.40. The summed E-state index contributed by atoms with van der Waals surface area (Å²) in [5, 5.41) is 2.76. The Hall–Kier alpha value is -2.12. The molecule has 0 saturated heterocycles. The number of nitrogens with one attached hydrogen (secondary N) is 1. The van der Waals surface area contributed by atoms with Crippen LogP contribution in [-0.2, 0) is 33.4 Å². The Morgan fingerprint density at radius 1 is 0.833 bits per heavy atom. The van der Waals surface area contributed by atoms with E-state index in [-0.39, 0.29) is 18.6 Å². The van der Waals surface area contributed by atoms with Crippen LogP contribution >= 0.6 is 0 Å². The van der Waals surface area contributed by atoms with Gasteiger partial charge in [-0.15, -0.1) is 0 Å². The lowest BCUT2D eigenvalue weighted by Crippen LogP contribution is -2.39. The molecule has 24 heavy (non-hydrogen) atoms. The first-order chi connectivity index (χ1) is 11.1. The van der Waals surface area contributed by atoms with Gasteiger partial charge in [0.1, 0.15) is 12.7 Å². The van der Waals surface area contributed by atoms with Gasteiger partial charge in [-0.05, 0) is 26.2 Å². The number of carbonyl (C=O) groups is 4. The van der Waals surface area contributed by atoms with Gasteiger partial charge >= 0.3 is 17.9 Å². The predicted octanol–water partition coefficient (Wildman–Crippen LogP) is 1.11. The van der Waals surface area contributed by atoms with Crippen molar-refractivity contribution in [3.63, 3.8) is 0 Å². The molecular weight excluding hydrogens is 318 g/mol. The smallest absolute Gasteiger partial charge is 0.303 e. The number of esters is 3. The predicted molar refractivity (Wildman–Crippen MR) is 84.9 cm³/mol. The third kappa shape index (κ3) is 11.4. The number of carbonyl (C=O) groups excluding carboxylic acids is 4. The summed E-state index contributed by atoms with van der Waals surface area (Å²) in [6, 6.07) is -0.0267. The van der Waals surface area contributed by atoms with Gasteiger partial charge in [-0.1, -0.05) is 0 Å². The minimum atomic E-state index is -0.869. The van der Waals surface area contributed by atoms with Crippen LogP contribution in [0.2, 0.25) is 0 Å². The van der Waals surface area contributed by atoms with E-state index in [1.165, 1.54) is 27.7 Å². The highest BCUT2D eigenvalue weighted by atomic mass is 16.6. The summed E-state index contributed by atoms with van der Waals surface area (Å²) < 4.78 is 15.2. The Kier molecular flexibility index (Phi) is 10.4. The molecule has 0 aliphatic carbocycles. The first kappa shape index (κ1) is 21.9. The first-order valence-corrected chi connectivity index (χ1v) is 7.86. The highest BCUT2D eigenvalue weighted by Gasteiger charge is 2.28. The van der Waals surface area contributed by atoms with E-state index in [0.717, 1.165) is 0 Å². The summed E-state index contributed by atoms with van der Waals surface area (Å²) in [5.41, 5.74) is 0. The second-order valence-electron chi connectivity index (χ2n) is 5.63. The molecule has 0 radical (unpaired) electrons. The molecular formula is C16H27NO7. The van der Waals surface area contributed by atoms with Gasteiger partial charge in [-0.3, -0.25) is 19.2 Å². The van der Waals surface area contributed by atoms with Crippen LogP contribution in [0.1, 0.15) is 53.9 Å². The van der Waals surface area contributed by atoms with Crippen molar-refractivity contribution < 1.29 is 33.4 Å². The number of hydrogen-bond donors (Lipinski definition) is 1. The van der Waals surface area contributed by atoms with Gasteiger partial charge in [-0.2, -0.15) is 0 Å². The Labute approximate surface area is 142 Å². The zero-order chi connectivity index (χ0) is 18.7. The van der Waals surface area contributed by atoms with E-state index in [2.05, 4.69) is 5.32 Å². The van der Waals surface area contributed by atoms with E-state index < -0.39 is 30.1 Å². The molecule has 0 aliphatic heterocycles. The molecule has 0 bridgehead atoms. The molecule has 3 atom stereocenters. The molecule has 0 aliphatic rings. The van der Waals surface area contributed by atoms with Crippen molar-refractivity contribution in [1.82, 2.24) is 5.32 Å². The molecule has 0 fully saturated rings. The zero-order valence-electron chi connectivity index (χ0n) is 14.9. The van der Waals surface area contributed by atoms with Gasteiger partial charge in [0.05, 0.1) is 0 Å². The summed E-state index contributed by atoms with van der Waals surface area (Å²) in [6.07, 6.45) is 0.0964. The molecule has 0 rings (SSSR count). The summed E-state index contributed by atoms with van der Waals surface area (Å²) in [7, 11) is 0. The van der Waals surface area contributed by atoms with Crippen molar-refractivity contribution in [3.05, 3.63) is 0 Å². The fraction of sp³-hybridized carbons (Fsp3) is 0.750. The molecule has 0 aromatic carbocycles. The quantitative estimate of drug-likeness (QED) is 0.466. The molecule has 1 N–H and O–H groups in total. The average molecular weight is 345 g/mol. The standard InChI is InChI=1S/C16H27NO7/c1-10(17-11(2)18)7-6-8-15(23-13(4)20)16(24-14(5)21)9-22-12(3)19/h10,15-16H,6-9H2,1-5H3,(H,17,18)/t10?,15-,16+/m0/s1. The van der Waals surface area contributed by atoms with Gasteiger partial charge in [-0.25, -0.2) is 0 Å². The normalized spacial score (nSPS) is 14.0. The summed E-state index contributed by atoms with van der Waals surface area (Å²) in [6.45, 7) is 6.83. The lowest BCUT2D eigenvalue weighted by atomic mass is 10.0. The van der Waals surface area contributed by atoms with Gasteiger partial charge in [0.25, 0.3) is 0 Å². The van der Waals surface area contributed by atoms with Crippen molar-refractivity contribution >= 4 is 23.8 Å². The number of ether oxygens (including phenoxy) is 3.